The maximum atomic E-state index is 11.7. The lowest BCUT2D eigenvalue weighted by molar-refractivity contribution is 0.0215. The van der Waals surface area contributed by atoms with Crippen molar-refractivity contribution in [3.05, 3.63) is 28.2 Å². The van der Waals surface area contributed by atoms with Gasteiger partial charge < -0.3 is 10.1 Å². The second kappa shape index (κ2) is 7.20. The van der Waals surface area contributed by atoms with Gasteiger partial charge in [0, 0.05) is 16.7 Å². The van der Waals surface area contributed by atoms with Crippen molar-refractivity contribution in [3.63, 3.8) is 0 Å². The maximum Gasteiger partial charge on any atom is 0.261 e. The summed E-state index contributed by atoms with van der Waals surface area (Å²) in [6, 6.07) is 7.20. The molecule has 0 aliphatic carbocycles. The Labute approximate surface area is 107 Å². The van der Waals surface area contributed by atoms with Gasteiger partial charge in [0.2, 0.25) is 0 Å². The number of benzene rings is 1. The SMILES string of the molecule is N#Cc1ccc(NCCOCC(F)F)cc1Br. The van der Waals surface area contributed by atoms with Crippen LogP contribution in [0.5, 0.6) is 0 Å². The summed E-state index contributed by atoms with van der Waals surface area (Å²) < 4.78 is 28.9. The standard InChI is InChI=1S/C11H11BrF2N2O/c12-10-5-9(2-1-8(10)6-15)16-3-4-17-7-11(13)14/h1-2,5,11,16H,3-4,7H2. The number of rotatable bonds is 6. The molecule has 1 N–H and O–H groups in total. The first-order valence-corrected chi connectivity index (χ1v) is 5.72. The van der Waals surface area contributed by atoms with Gasteiger partial charge in [-0.05, 0) is 34.1 Å². The molecular formula is C11H11BrF2N2O. The van der Waals surface area contributed by atoms with Gasteiger partial charge in [-0.25, -0.2) is 8.78 Å². The van der Waals surface area contributed by atoms with Crippen molar-refractivity contribution >= 4 is 21.6 Å². The number of anilines is 1. The smallest absolute Gasteiger partial charge is 0.261 e. The van der Waals surface area contributed by atoms with Crippen LogP contribution in [0.1, 0.15) is 5.56 Å². The average molecular weight is 305 g/mol. The number of hydrogen-bond donors (Lipinski definition) is 1. The van der Waals surface area contributed by atoms with Crippen LogP contribution in [-0.4, -0.2) is 26.2 Å². The van der Waals surface area contributed by atoms with E-state index in [2.05, 4.69) is 21.2 Å². The highest BCUT2D eigenvalue weighted by Gasteiger charge is 2.02. The zero-order chi connectivity index (χ0) is 12.7. The molecule has 17 heavy (non-hydrogen) atoms. The fourth-order valence-corrected chi connectivity index (χ4v) is 1.62. The van der Waals surface area contributed by atoms with Gasteiger partial charge in [0.15, 0.2) is 0 Å². The van der Waals surface area contributed by atoms with Gasteiger partial charge in [0.1, 0.15) is 12.7 Å². The summed E-state index contributed by atoms with van der Waals surface area (Å²) in [6.45, 7) is 0.103. The molecule has 0 aliphatic rings. The molecular weight excluding hydrogens is 294 g/mol. The Kier molecular flexibility index (Phi) is 5.87. The minimum atomic E-state index is -2.43. The van der Waals surface area contributed by atoms with Crippen molar-refractivity contribution in [1.29, 1.82) is 5.26 Å². The predicted molar refractivity (Wildman–Crippen MR) is 64.2 cm³/mol. The van der Waals surface area contributed by atoms with Crippen LogP contribution in [0.3, 0.4) is 0 Å². The summed E-state index contributed by atoms with van der Waals surface area (Å²) in [7, 11) is 0. The van der Waals surface area contributed by atoms with E-state index in [-0.39, 0.29) is 6.61 Å². The summed E-state index contributed by atoms with van der Waals surface area (Å²) in [4.78, 5) is 0. The normalized spacial score (nSPS) is 10.3. The Morgan fingerprint density at radius 1 is 1.47 bits per heavy atom. The second-order valence-electron chi connectivity index (χ2n) is 3.20. The summed E-state index contributed by atoms with van der Waals surface area (Å²) in [5.74, 6) is 0. The Balaban J connectivity index is 2.33. The number of halogens is 3. The minimum absolute atomic E-state index is 0.210. The quantitative estimate of drug-likeness (QED) is 0.822. The van der Waals surface area contributed by atoms with Gasteiger partial charge in [0.25, 0.3) is 6.43 Å². The van der Waals surface area contributed by atoms with Crippen molar-refractivity contribution in [2.45, 2.75) is 6.43 Å². The summed E-state index contributed by atoms with van der Waals surface area (Å²) in [5, 5.41) is 11.7. The maximum absolute atomic E-state index is 11.7. The van der Waals surface area contributed by atoms with E-state index in [4.69, 9.17) is 10.00 Å². The van der Waals surface area contributed by atoms with E-state index < -0.39 is 13.0 Å². The molecule has 3 nitrogen and oxygen atoms in total. The topological polar surface area (TPSA) is 45.0 Å². The van der Waals surface area contributed by atoms with E-state index in [0.717, 1.165) is 5.69 Å². The first kappa shape index (κ1) is 13.9. The van der Waals surface area contributed by atoms with E-state index in [1.807, 2.05) is 6.07 Å². The third-order valence-corrected chi connectivity index (χ3v) is 2.56. The monoisotopic (exact) mass is 304 g/mol. The number of nitriles is 1. The van der Waals surface area contributed by atoms with Crippen LogP contribution < -0.4 is 5.32 Å². The van der Waals surface area contributed by atoms with Crippen LogP contribution in [0.4, 0.5) is 14.5 Å². The molecule has 92 valence electrons. The Morgan fingerprint density at radius 2 is 2.24 bits per heavy atom. The van der Waals surface area contributed by atoms with E-state index in [1.54, 1.807) is 18.2 Å². The van der Waals surface area contributed by atoms with Gasteiger partial charge in [-0.2, -0.15) is 5.26 Å². The third kappa shape index (κ3) is 5.11. The fourth-order valence-electron chi connectivity index (χ4n) is 1.16. The largest absolute Gasteiger partial charge is 0.383 e. The highest BCUT2D eigenvalue weighted by molar-refractivity contribution is 9.10. The molecule has 0 radical (unpaired) electrons. The lowest BCUT2D eigenvalue weighted by Gasteiger charge is -2.08. The van der Waals surface area contributed by atoms with Crippen LogP contribution >= 0.6 is 15.9 Å². The zero-order valence-corrected chi connectivity index (χ0v) is 10.5. The molecule has 0 heterocycles. The molecule has 0 saturated carbocycles. The summed E-state index contributed by atoms with van der Waals surface area (Å²) >= 11 is 3.26. The zero-order valence-electron chi connectivity index (χ0n) is 8.92. The number of alkyl halides is 2. The van der Waals surface area contributed by atoms with Gasteiger partial charge in [-0.3, -0.25) is 0 Å². The molecule has 0 aliphatic heterocycles. The van der Waals surface area contributed by atoms with Gasteiger partial charge in [-0.15, -0.1) is 0 Å². The lowest BCUT2D eigenvalue weighted by Crippen LogP contribution is -2.13. The number of nitrogens with zero attached hydrogens (tertiary/aromatic N) is 1. The van der Waals surface area contributed by atoms with E-state index in [9.17, 15) is 8.78 Å². The molecule has 0 spiro atoms. The number of ether oxygens (including phenoxy) is 1. The van der Waals surface area contributed by atoms with Gasteiger partial charge in [-0.1, -0.05) is 0 Å². The van der Waals surface area contributed by atoms with Crippen LogP contribution in [-0.2, 0) is 4.74 Å². The Morgan fingerprint density at radius 3 is 2.82 bits per heavy atom. The third-order valence-electron chi connectivity index (χ3n) is 1.91. The second-order valence-corrected chi connectivity index (χ2v) is 4.05. The van der Waals surface area contributed by atoms with E-state index in [0.29, 0.717) is 16.6 Å². The highest BCUT2D eigenvalue weighted by Crippen LogP contribution is 2.20. The highest BCUT2D eigenvalue weighted by atomic mass is 79.9. The van der Waals surface area contributed by atoms with Crippen LogP contribution in [0.25, 0.3) is 0 Å². The molecule has 0 amide bonds. The van der Waals surface area contributed by atoms with Crippen LogP contribution in [0.2, 0.25) is 0 Å². The van der Waals surface area contributed by atoms with Crippen LogP contribution in [0, 0.1) is 11.3 Å². The van der Waals surface area contributed by atoms with E-state index >= 15 is 0 Å². The molecule has 0 atom stereocenters. The molecule has 1 aromatic carbocycles. The van der Waals surface area contributed by atoms with Gasteiger partial charge >= 0.3 is 0 Å². The molecule has 1 aromatic rings. The Hall–Kier alpha value is -1.19. The van der Waals surface area contributed by atoms with Crippen molar-refractivity contribution in [3.8, 4) is 6.07 Å². The predicted octanol–water partition coefficient (Wildman–Crippen LogP) is 3.01. The number of hydrogen-bond acceptors (Lipinski definition) is 3. The molecule has 0 bridgehead atoms. The van der Waals surface area contributed by atoms with Crippen molar-refractivity contribution in [2.75, 3.05) is 25.1 Å². The molecule has 0 fully saturated rings. The molecule has 6 heteroatoms. The average Bonchev–Trinajstić information content (AvgIpc) is 2.28. The molecule has 0 aromatic heterocycles. The van der Waals surface area contributed by atoms with Crippen molar-refractivity contribution < 1.29 is 13.5 Å². The Bertz CT molecular complexity index is 407. The first-order chi connectivity index (χ1) is 8.13. The molecule has 1 rings (SSSR count). The lowest BCUT2D eigenvalue weighted by atomic mass is 10.2. The summed E-state index contributed by atoms with van der Waals surface area (Å²) in [5.41, 5.74) is 1.35. The molecule has 0 saturated heterocycles. The van der Waals surface area contributed by atoms with Crippen molar-refractivity contribution in [1.82, 2.24) is 0 Å². The molecule has 0 unspecified atom stereocenters. The number of nitrogens with one attached hydrogen (secondary N) is 1. The van der Waals surface area contributed by atoms with E-state index in [1.165, 1.54) is 0 Å². The van der Waals surface area contributed by atoms with Crippen molar-refractivity contribution in [2.24, 2.45) is 0 Å². The summed E-state index contributed by atoms with van der Waals surface area (Å²) in [6.07, 6.45) is -2.43. The van der Waals surface area contributed by atoms with Gasteiger partial charge in [0.05, 0.1) is 12.2 Å². The fraction of sp³-hybridized carbons (Fsp3) is 0.364. The first-order valence-electron chi connectivity index (χ1n) is 4.93. The minimum Gasteiger partial charge on any atom is -0.383 e. The van der Waals surface area contributed by atoms with Crippen LogP contribution in [0.15, 0.2) is 22.7 Å².